The maximum absolute atomic E-state index is 8.40. The standard InChI is InChI=1S/C10H21NO2Si/c1-3-12-10(14,13-4-2)8-6-5-7-9-11/h3-8H2,1-2,14H3. The van der Waals surface area contributed by atoms with Crippen LogP contribution in [0.1, 0.15) is 39.5 Å². The summed E-state index contributed by atoms with van der Waals surface area (Å²) in [5.74, 6) is 0. The van der Waals surface area contributed by atoms with Crippen molar-refractivity contribution in [2.24, 2.45) is 0 Å². The average molecular weight is 215 g/mol. The van der Waals surface area contributed by atoms with Crippen LogP contribution in [-0.2, 0) is 9.47 Å². The van der Waals surface area contributed by atoms with E-state index in [-0.39, 0.29) is 5.41 Å². The zero-order valence-corrected chi connectivity index (χ0v) is 11.5. The van der Waals surface area contributed by atoms with Crippen LogP contribution >= 0.6 is 0 Å². The molecule has 0 atom stereocenters. The molecule has 0 aromatic heterocycles. The van der Waals surface area contributed by atoms with E-state index >= 15 is 0 Å². The molecular weight excluding hydrogens is 194 g/mol. The molecule has 4 heteroatoms. The van der Waals surface area contributed by atoms with Crippen LogP contribution in [0.25, 0.3) is 0 Å². The summed E-state index contributed by atoms with van der Waals surface area (Å²) >= 11 is 0. The highest BCUT2D eigenvalue weighted by molar-refractivity contribution is 6.13. The highest BCUT2D eigenvalue weighted by Crippen LogP contribution is 2.17. The van der Waals surface area contributed by atoms with Crippen molar-refractivity contribution in [2.75, 3.05) is 13.2 Å². The lowest BCUT2D eigenvalue weighted by Gasteiger charge is -2.29. The van der Waals surface area contributed by atoms with E-state index in [1.165, 1.54) is 0 Å². The number of hydrogen-bond acceptors (Lipinski definition) is 3. The van der Waals surface area contributed by atoms with Crippen LogP contribution in [0.5, 0.6) is 0 Å². The number of rotatable bonds is 8. The zero-order chi connectivity index (χ0) is 10.9. The van der Waals surface area contributed by atoms with Crippen molar-refractivity contribution in [3.05, 3.63) is 0 Å². The van der Waals surface area contributed by atoms with Gasteiger partial charge in [0.1, 0.15) is 5.41 Å². The summed E-state index contributed by atoms with van der Waals surface area (Å²) in [5, 5.41) is 8.40. The lowest BCUT2D eigenvalue weighted by atomic mass is 10.2. The van der Waals surface area contributed by atoms with Crippen LogP contribution in [0.3, 0.4) is 0 Å². The van der Waals surface area contributed by atoms with Crippen molar-refractivity contribution in [3.63, 3.8) is 0 Å². The largest absolute Gasteiger partial charge is 0.355 e. The molecule has 82 valence electrons. The SMILES string of the molecule is CCOC([SiH3])(CCCCC#N)OCC. The predicted octanol–water partition coefficient (Wildman–Crippen LogP) is 1.16. The molecule has 0 amide bonds. The van der Waals surface area contributed by atoms with E-state index in [1.54, 1.807) is 0 Å². The maximum Gasteiger partial charge on any atom is 0.141 e. The van der Waals surface area contributed by atoms with Gasteiger partial charge in [0.25, 0.3) is 0 Å². The smallest absolute Gasteiger partial charge is 0.141 e. The minimum atomic E-state index is -0.320. The van der Waals surface area contributed by atoms with Gasteiger partial charge in [0.2, 0.25) is 0 Å². The van der Waals surface area contributed by atoms with Crippen molar-refractivity contribution >= 4 is 10.2 Å². The first-order valence-corrected chi connectivity index (χ1v) is 6.33. The fraction of sp³-hybridized carbons (Fsp3) is 0.900. The molecule has 0 aromatic rings. The van der Waals surface area contributed by atoms with Crippen molar-refractivity contribution in [1.29, 1.82) is 5.26 Å². The summed E-state index contributed by atoms with van der Waals surface area (Å²) < 4.78 is 11.2. The second-order valence-electron chi connectivity index (χ2n) is 3.37. The normalized spacial score (nSPS) is 11.5. The van der Waals surface area contributed by atoms with Gasteiger partial charge in [-0.2, -0.15) is 5.26 Å². The molecule has 0 aromatic carbocycles. The summed E-state index contributed by atoms with van der Waals surface area (Å²) in [6.07, 6.45) is 3.51. The molecule has 0 saturated heterocycles. The molecule has 0 unspecified atom stereocenters. The Morgan fingerprint density at radius 1 is 1.21 bits per heavy atom. The van der Waals surface area contributed by atoms with Gasteiger partial charge in [0.05, 0.1) is 16.3 Å². The third kappa shape index (κ3) is 6.14. The van der Waals surface area contributed by atoms with Gasteiger partial charge in [-0.25, -0.2) is 0 Å². The highest BCUT2D eigenvalue weighted by atomic mass is 28.1. The van der Waals surface area contributed by atoms with Crippen LogP contribution in [0.15, 0.2) is 0 Å². The summed E-state index contributed by atoms with van der Waals surface area (Å²) in [4.78, 5) is 0. The molecule has 0 heterocycles. The summed E-state index contributed by atoms with van der Waals surface area (Å²) in [6, 6.07) is 2.15. The molecule has 0 saturated carbocycles. The quantitative estimate of drug-likeness (QED) is 0.347. The lowest BCUT2D eigenvalue weighted by Crippen LogP contribution is -2.36. The van der Waals surface area contributed by atoms with Crippen LogP contribution in [0.2, 0.25) is 0 Å². The zero-order valence-electron chi connectivity index (χ0n) is 9.51. The lowest BCUT2D eigenvalue weighted by molar-refractivity contribution is -0.177. The van der Waals surface area contributed by atoms with Gasteiger partial charge in [-0.1, -0.05) is 0 Å². The van der Waals surface area contributed by atoms with Crippen molar-refractivity contribution in [1.82, 2.24) is 0 Å². The molecule has 0 aliphatic heterocycles. The van der Waals surface area contributed by atoms with Gasteiger partial charge in [-0.3, -0.25) is 0 Å². The first-order valence-electron chi connectivity index (χ1n) is 5.33. The second kappa shape index (κ2) is 7.98. The van der Waals surface area contributed by atoms with Gasteiger partial charge < -0.3 is 9.47 Å². The fourth-order valence-electron chi connectivity index (χ4n) is 1.45. The maximum atomic E-state index is 8.40. The van der Waals surface area contributed by atoms with E-state index < -0.39 is 0 Å². The molecular formula is C10H21NO2Si. The third-order valence-corrected chi connectivity index (χ3v) is 3.15. The van der Waals surface area contributed by atoms with Gasteiger partial charge in [-0.05, 0) is 33.1 Å². The fourth-order valence-corrected chi connectivity index (χ4v) is 2.38. The van der Waals surface area contributed by atoms with Crippen LogP contribution in [-0.4, -0.2) is 28.9 Å². The first-order chi connectivity index (χ1) is 6.68. The first kappa shape index (κ1) is 13.6. The topological polar surface area (TPSA) is 42.2 Å². The van der Waals surface area contributed by atoms with Crippen LogP contribution < -0.4 is 0 Å². The highest BCUT2D eigenvalue weighted by Gasteiger charge is 2.23. The number of ether oxygens (including phenoxy) is 2. The Morgan fingerprint density at radius 2 is 1.79 bits per heavy atom. The van der Waals surface area contributed by atoms with Crippen molar-refractivity contribution in [3.8, 4) is 6.07 Å². The summed E-state index contributed by atoms with van der Waals surface area (Å²) in [6.45, 7) is 5.37. The molecule has 0 aliphatic rings. The van der Waals surface area contributed by atoms with E-state index in [0.29, 0.717) is 19.6 Å². The second-order valence-corrected chi connectivity index (χ2v) is 4.89. The van der Waals surface area contributed by atoms with Crippen molar-refractivity contribution in [2.45, 2.75) is 44.9 Å². The van der Waals surface area contributed by atoms with Crippen molar-refractivity contribution < 1.29 is 9.47 Å². The Kier molecular flexibility index (Phi) is 7.77. The summed E-state index contributed by atoms with van der Waals surface area (Å²) in [5.41, 5.74) is -0.320. The monoisotopic (exact) mass is 215 g/mol. The molecule has 0 bridgehead atoms. The molecule has 0 radical (unpaired) electrons. The van der Waals surface area contributed by atoms with Gasteiger partial charge in [-0.15, -0.1) is 0 Å². The Bertz CT molecular complexity index is 173. The van der Waals surface area contributed by atoms with E-state index in [1.807, 2.05) is 13.8 Å². The number of hydrogen-bond donors (Lipinski definition) is 0. The van der Waals surface area contributed by atoms with E-state index in [2.05, 4.69) is 6.07 Å². The average Bonchev–Trinajstić information content (AvgIpc) is 2.13. The molecule has 0 fully saturated rings. The summed E-state index contributed by atoms with van der Waals surface area (Å²) in [7, 11) is 0.879. The predicted molar refractivity (Wildman–Crippen MR) is 60.0 cm³/mol. The third-order valence-electron chi connectivity index (χ3n) is 2.07. The Balaban J connectivity index is 3.78. The molecule has 0 aliphatic carbocycles. The van der Waals surface area contributed by atoms with Crippen LogP contribution in [0, 0.1) is 11.3 Å². The Morgan fingerprint density at radius 3 is 2.21 bits per heavy atom. The molecule has 0 N–H and O–H groups in total. The van der Waals surface area contributed by atoms with E-state index in [9.17, 15) is 0 Å². The number of nitriles is 1. The molecule has 14 heavy (non-hydrogen) atoms. The van der Waals surface area contributed by atoms with E-state index in [4.69, 9.17) is 14.7 Å². The van der Waals surface area contributed by atoms with Crippen LogP contribution in [0.4, 0.5) is 0 Å². The molecule has 0 spiro atoms. The van der Waals surface area contributed by atoms with Gasteiger partial charge >= 0.3 is 0 Å². The van der Waals surface area contributed by atoms with Gasteiger partial charge in [0.15, 0.2) is 0 Å². The Labute approximate surface area is 89.8 Å². The van der Waals surface area contributed by atoms with E-state index in [0.717, 1.165) is 29.5 Å². The molecule has 3 nitrogen and oxygen atoms in total. The number of nitrogens with zero attached hydrogens (tertiary/aromatic N) is 1. The minimum Gasteiger partial charge on any atom is -0.355 e. The Hall–Kier alpha value is -0.373. The number of unbranched alkanes of at least 4 members (excludes halogenated alkanes) is 2. The molecule has 0 rings (SSSR count). The van der Waals surface area contributed by atoms with Gasteiger partial charge in [0, 0.05) is 19.6 Å². The minimum absolute atomic E-state index is 0.320.